The Balaban J connectivity index is 1.25. The average Bonchev–Trinajstić information content (AvgIpc) is 3.65. The third-order valence-corrected chi connectivity index (χ3v) is 7.86. The van der Waals surface area contributed by atoms with Crippen LogP contribution in [0, 0.1) is 6.92 Å². The predicted molar refractivity (Wildman–Crippen MR) is 162 cm³/mol. The number of methoxy groups -OCH3 is 1. The fraction of sp³-hybridized carbons (Fsp3) is 0.207. The molecule has 1 saturated heterocycles. The maximum atomic E-state index is 12.8. The second kappa shape index (κ2) is 11.5. The molecule has 4 heterocycles. The summed E-state index contributed by atoms with van der Waals surface area (Å²) in [4.78, 5) is 29.4. The molecule has 0 bridgehead atoms. The van der Waals surface area contributed by atoms with Crippen molar-refractivity contribution in [1.29, 1.82) is 0 Å². The summed E-state index contributed by atoms with van der Waals surface area (Å²) in [5, 5.41) is 7.65. The summed E-state index contributed by atoms with van der Waals surface area (Å²) in [5.74, 6) is 1.93. The molecule has 0 aliphatic carbocycles. The van der Waals surface area contributed by atoms with Crippen LogP contribution >= 0.6 is 11.3 Å². The highest BCUT2D eigenvalue weighted by Gasteiger charge is 2.22. The van der Waals surface area contributed by atoms with Crippen LogP contribution in [-0.2, 0) is 4.74 Å². The Bertz CT molecular complexity index is 1760. The number of carbonyl (C=O) groups is 1. The van der Waals surface area contributed by atoms with E-state index in [1.807, 2.05) is 31.2 Å². The Morgan fingerprint density at radius 3 is 2.69 bits per heavy atom. The number of benzene rings is 2. The van der Waals surface area contributed by atoms with Gasteiger partial charge in [-0.3, -0.25) is 4.79 Å². The SMILES string of the molecule is COc1cccc(C(=O)Nc2ccc(C)c(-c3noc(-c4sc(-c5nc(N6CCOCC6)ccc5N)nc4N)n3)c2)c1. The zero-order valence-corrected chi connectivity index (χ0v) is 23.8. The summed E-state index contributed by atoms with van der Waals surface area (Å²) in [6.07, 6.45) is 0. The lowest BCUT2D eigenvalue weighted by molar-refractivity contribution is 0.102. The van der Waals surface area contributed by atoms with Crippen LogP contribution in [-0.4, -0.2) is 59.4 Å². The molecule has 5 N–H and O–H groups in total. The van der Waals surface area contributed by atoms with Crippen LogP contribution < -0.4 is 26.4 Å². The van der Waals surface area contributed by atoms with Gasteiger partial charge in [0.05, 0.1) is 26.0 Å². The molecule has 1 aliphatic heterocycles. The number of thiazole rings is 1. The minimum atomic E-state index is -0.270. The number of nitrogen functional groups attached to an aromatic ring is 2. The van der Waals surface area contributed by atoms with Crippen molar-refractivity contribution in [2.75, 3.05) is 55.1 Å². The fourth-order valence-electron chi connectivity index (χ4n) is 4.52. The second-order valence-corrected chi connectivity index (χ2v) is 10.6. The third kappa shape index (κ3) is 5.47. The highest BCUT2D eigenvalue weighted by atomic mass is 32.1. The molecular formula is C29H28N8O4S. The molecule has 1 fully saturated rings. The number of carbonyl (C=O) groups excluding carboxylic acids is 1. The van der Waals surface area contributed by atoms with Gasteiger partial charge < -0.3 is 35.7 Å². The van der Waals surface area contributed by atoms with Crippen molar-refractivity contribution in [2.45, 2.75) is 6.92 Å². The van der Waals surface area contributed by atoms with E-state index < -0.39 is 0 Å². The summed E-state index contributed by atoms with van der Waals surface area (Å²) in [5.41, 5.74) is 16.2. The van der Waals surface area contributed by atoms with Crippen molar-refractivity contribution >= 4 is 40.3 Å². The molecule has 0 saturated carbocycles. The molecule has 0 spiro atoms. The van der Waals surface area contributed by atoms with Gasteiger partial charge in [-0.1, -0.05) is 17.3 Å². The van der Waals surface area contributed by atoms with Crippen LogP contribution in [0.25, 0.3) is 32.9 Å². The highest BCUT2D eigenvalue weighted by molar-refractivity contribution is 7.18. The largest absolute Gasteiger partial charge is 0.497 e. The van der Waals surface area contributed by atoms with E-state index in [4.69, 9.17) is 30.4 Å². The fourth-order valence-corrected chi connectivity index (χ4v) is 5.44. The van der Waals surface area contributed by atoms with Gasteiger partial charge in [-0.25, -0.2) is 9.97 Å². The van der Waals surface area contributed by atoms with Crippen molar-refractivity contribution in [3.63, 3.8) is 0 Å². The lowest BCUT2D eigenvalue weighted by atomic mass is 10.1. The monoisotopic (exact) mass is 584 g/mol. The van der Waals surface area contributed by atoms with Gasteiger partial charge in [-0.2, -0.15) is 4.98 Å². The van der Waals surface area contributed by atoms with E-state index in [1.165, 1.54) is 11.3 Å². The number of amides is 1. The van der Waals surface area contributed by atoms with Crippen LogP contribution in [0.1, 0.15) is 15.9 Å². The number of aryl methyl sites for hydroxylation is 1. The quantitative estimate of drug-likeness (QED) is 0.246. The van der Waals surface area contributed by atoms with Crippen LogP contribution in [0.3, 0.4) is 0 Å². The van der Waals surface area contributed by atoms with Gasteiger partial charge in [0.2, 0.25) is 5.82 Å². The van der Waals surface area contributed by atoms with E-state index in [0.29, 0.717) is 62.9 Å². The van der Waals surface area contributed by atoms with Gasteiger partial charge in [0.15, 0.2) is 0 Å². The van der Waals surface area contributed by atoms with Gasteiger partial charge >= 0.3 is 0 Å². The van der Waals surface area contributed by atoms with Gasteiger partial charge in [-0.15, -0.1) is 11.3 Å². The minimum absolute atomic E-state index is 0.222. The van der Waals surface area contributed by atoms with Crippen molar-refractivity contribution in [3.05, 3.63) is 65.7 Å². The van der Waals surface area contributed by atoms with E-state index in [-0.39, 0.29) is 17.6 Å². The lowest BCUT2D eigenvalue weighted by Crippen LogP contribution is -2.36. The number of nitrogens with zero attached hydrogens (tertiary/aromatic N) is 5. The van der Waals surface area contributed by atoms with Crippen molar-refractivity contribution in [2.24, 2.45) is 0 Å². The normalized spacial score (nSPS) is 13.2. The third-order valence-electron chi connectivity index (χ3n) is 6.79. The number of nitrogens with one attached hydrogen (secondary N) is 1. The average molecular weight is 585 g/mol. The summed E-state index contributed by atoms with van der Waals surface area (Å²) >= 11 is 1.27. The van der Waals surface area contributed by atoms with E-state index in [0.717, 1.165) is 24.5 Å². The highest BCUT2D eigenvalue weighted by Crippen LogP contribution is 2.39. The first-order valence-corrected chi connectivity index (χ1v) is 14.0. The molecule has 0 unspecified atom stereocenters. The van der Waals surface area contributed by atoms with Crippen LogP contribution in [0.15, 0.2) is 59.1 Å². The number of aromatic nitrogens is 4. The van der Waals surface area contributed by atoms with E-state index >= 15 is 0 Å². The van der Waals surface area contributed by atoms with Crippen LogP contribution in [0.5, 0.6) is 5.75 Å². The van der Waals surface area contributed by atoms with E-state index in [9.17, 15) is 4.79 Å². The molecule has 12 nitrogen and oxygen atoms in total. The number of ether oxygens (including phenoxy) is 2. The number of hydrogen-bond donors (Lipinski definition) is 3. The number of anilines is 4. The molecule has 1 aliphatic rings. The molecule has 0 radical (unpaired) electrons. The maximum absolute atomic E-state index is 12.8. The molecule has 1 amide bonds. The zero-order valence-electron chi connectivity index (χ0n) is 23.0. The summed E-state index contributed by atoms with van der Waals surface area (Å²) < 4.78 is 16.3. The Morgan fingerprint density at radius 1 is 1.05 bits per heavy atom. The number of morpholine rings is 1. The smallest absolute Gasteiger partial charge is 0.272 e. The topological polar surface area (TPSA) is 168 Å². The van der Waals surface area contributed by atoms with E-state index in [1.54, 1.807) is 37.4 Å². The number of hydrogen-bond acceptors (Lipinski definition) is 12. The molecule has 2 aromatic carbocycles. The Hall–Kier alpha value is -5.01. The van der Waals surface area contributed by atoms with Gasteiger partial charge in [-0.05, 0) is 55.0 Å². The predicted octanol–water partition coefficient (Wildman–Crippen LogP) is 4.49. The van der Waals surface area contributed by atoms with Crippen LogP contribution in [0.4, 0.5) is 23.0 Å². The van der Waals surface area contributed by atoms with Crippen molar-refractivity contribution in [1.82, 2.24) is 20.1 Å². The summed E-state index contributed by atoms with van der Waals surface area (Å²) in [6.45, 7) is 4.71. The van der Waals surface area contributed by atoms with Gasteiger partial charge in [0.25, 0.3) is 11.8 Å². The molecule has 6 rings (SSSR count). The number of nitrogens with two attached hydrogens (primary N) is 2. The number of pyridine rings is 1. The molecule has 5 aromatic rings. The minimum Gasteiger partial charge on any atom is -0.497 e. The molecule has 3 aromatic heterocycles. The molecule has 214 valence electrons. The Labute approximate surface area is 245 Å². The lowest BCUT2D eigenvalue weighted by Gasteiger charge is -2.28. The molecule has 13 heteroatoms. The second-order valence-electron chi connectivity index (χ2n) is 9.58. The Morgan fingerprint density at radius 2 is 1.88 bits per heavy atom. The number of rotatable bonds is 7. The first-order chi connectivity index (χ1) is 20.4. The standard InChI is InChI=1S/C29H28N8O4S/c1-16-6-7-18(32-27(38)17-4-3-5-19(14-17)39-2)15-20(16)26-35-28(41-36-26)24-25(31)34-29(42-24)23-21(30)8-9-22(33-23)37-10-12-40-13-11-37/h3-9,14-15H,10-13,30-31H2,1-2H3,(H,32,38). The molecule has 0 atom stereocenters. The first-order valence-electron chi connectivity index (χ1n) is 13.2. The summed E-state index contributed by atoms with van der Waals surface area (Å²) in [7, 11) is 1.56. The molecular weight excluding hydrogens is 556 g/mol. The van der Waals surface area contributed by atoms with Gasteiger partial charge in [0.1, 0.15) is 33.0 Å². The molecule has 42 heavy (non-hydrogen) atoms. The zero-order chi connectivity index (χ0) is 29.2. The van der Waals surface area contributed by atoms with Crippen molar-refractivity contribution in [3.8, 4) is 38.6 Å². The van der Waals surface area contributed by atoms with Crippen LogP contribution in [0.2, 0.25) is 0 Å². The summed E-state index contributed by atoms with van der Waals surface area (Å²) in [6, 6.07) is 16.1. The Kier molecular flexibility index (Phi) is 7.42. The van der Waals surface area contributed by atoms with E-state index in [2.05, 4.69) is 25.3 Å². The first kappa shape index (κ1) is 27.2. The maximum Gasteiger partial charge on any atom is 0.272 e. The van der Waals surface area contributed by atoms with Gasteiger partial charge in [0, 0.05) is 29.9 Å². The van der Waals surface area contributed by atoms with Crippen molar-refractivity contribution < 1.29 is 18.8 Å².